The summed E-state index contributed by atoms with van der Waals surface area (Å²) in [7, 11) is 0. The molecule has 0 nitrogen and oxygen atoms in total. The second kappa shape index (κ2) is 18.4. The maximum atomic E-state index is 3.87. The molecule has 9 rings (SSSR count). The highest BCUT2D eigenvalue weighted by molar-refractivity contribution is 9.11. The molecule has 0 aliphatic rings. The van der Waals surface area contributed by atoms with Gasteiger partial charge in [0.15, 0.2) is 0 Å². The van der Waals surface area contributed by atoms with Gasteiger partial charge in [0.05, 0.1) is 7.57 Å². The summed E-state index contributed by atoms with van der Waals surface area (Å²) < 4.78 is 2.29. The van der Waals surface area contributed by atoms with Crippen molar-refractivity contribution in [3.05, 3.63) is 188 Å². The van der Waals surface area contributed by atoms with Gasteiger partial charge in [-0.1, -0.05) is 149 Å². The minimum Gasteiger partial charge on any atom is -0.135 e. The number of hydrogen-bond acceptors (Lipinski definition) is 3. The van der Waals surface area contributed by atoms with Crippen molar-refractivity contribution in [1.82, 2.24) is 0 Å². The summed E-state index contributed by atoms with van der Waals surface area (Å²) in [4.78, 5) is 5.21. The summed E-state index contributed by atoms with van der Waals surface area (Å²) >= 11 is 13.4. The predicted molar refractivity (Wildman–Crippen MR) is 276 cm³/mol. The van der Waals surface area contributed by atoms with Gasteiger partial charge in [0.1, 0.15) is 0 Å². The SMILES string of the molecule is CCc1c(-c2ccccc2)c(-c2ccccc2)c(CC)c(-c2ccc(-c3c(CC)c(-c4ccccc4)c(-c4ccccc4)c(CC)c3-c3ccc(Br)s3)s2)c1-c1ccc(Br)s1. The van der Waals surface area contributed by atoms with Crippen molar-refractivity contribution >= 4 is 65.9 Å². The third kappa shape index (κ3) is 7.78. The zero-order valence-electron chi connectivity index (χ0n) is 34.8. The zero-order valence-corrected chi connectivity index (χ0v) is 40.4. The fraction of sp³-hybridized carbons (Fsp3) is 0.143. The summed E-state index contributed by atoms with van der Waals surface area (Å²) in [6, 6.07) is 58.3. The van der Waals surface area contributed by atoms with Crippen molar-refractivity contribution < 1.29 is 0 Å². The first-order valence-corrected chi connectivity index (χ1v) is 25.3. The summed E-state index contributed by atoms with van der Waals surface area (Å²) in [6.07, 6.45) is 3.61. The van der Waals surface area contributed by atoms with Crippen LogP contribution in [-0.2, 0) is 25.7 Å². The average Bonchev–Trinajstić information content (AvgIpc) is 4.09. The molecule has 9 aromatic rings. The van der Waals surface area contributed by atoms with Crippen LogP contribution in [0.1, 0.15) is 49.9 Å². The molecule has 0 saturated carbocycles. The van der Waals surface area contributed by atoms with E-state index in [0.29, 0.717) is 0 Å². The lowest BCUT2D eigenvalue weighted by molar-refractivity contribution is 1.11. The fourth-order valence-electron chi connectivity index (χ4n) is 9.41. The lowest BCUT2D eigenvalue weighted by atomic mass is 9.78. The minimum atomic E-state index is 0.898. The molecule has 0 N–H and O–H groups in total. The van der Waals surface area contributed by atoms with E-state index in [1.165, 1.54) is 109 Å². The molecular formula is C56H46Br2S3. The topological polar surface area (TPSA) is 0 Å². The first-order chi connectivity index (χ1) is 29.9. The van der Waals surface area contributed by atoms with Gasteiger partial charge in [-0.05, 0) is 161 Å². The average molecular weight is 975 g/mol. The Bertz CT molecular complexity index is 2750. The van der Waals surface area contributed by atoms with Crippen molar-refractivity contribution in [2.24, 2.45) is 0 Å². The fourth-order valence-corrected chi connectivity index (χ4v) is 13.5. The predicted octanol–water partition coefficient (Wildman–Crippen LogP) is 19.0. The summed E-state index contributed by atoms with van der Waals surface area (Å²) in [5.41, 5.74) is 21.5. The Morgan fingerprint density at radius 1 is 0.279 bits per heavy atom. The molecule has 0 amide bonds. The molecule has 6 aromatic carbocycles. The third-order valence-electron chi connectivity index (χ3n) is 11.8. The van der Waals surface area contributed by atoms with Gasteiger partial charge >= 0.3 is 0 Å². The van der Waals surface area contributed by atoms with Crippen molar-refractivity contribution in [3.8, 4) is 86.3 Å². The standard InChI is InChI=1S/C56H46Br2S3/c1-5-39-49(35-21-13-9-14-22-35)51(37-25-17-11-18-26-37)41(7-3)55(45-31-33-47(57)60-45)53(39)43-29-30-44(59-43)54-40(6-2)50(36-23-15-10-16-24-36)52(38-27-19-12-20-28-38)42(8-4)56(54)46-32-34-48(58)61-46/h9-34H,5-8H2,1-4H3. The van der Waals surface area contributed by atoms with E-state index < -0.39 is 0 Å². The van der Waals surface area contributed by atoms with Crippen molar-refractivity contribution in [1.29, 1.82) is 0 Å². The van der Waals surface area contributed by atoms with Crippen LogP contribution in [0.5, 0.6) is 0 Å². The number of hydrogen-bond donors (Lipinski definition) is 0. The smallest absolute Gasteiger partial charge is 0.0705 e. The van der Waals surface area contributed by atoms with Crippen LogP contribution in [0.25, 0.3) is 86.3 Å². The third-order valence-corrected chi connectivity index (χ3v) is 16.2. The monoisotopic (exact) mass is 972 g/mol. The van der Waals surface area contributed by atoms with Gasteiger partial charge in [-0.15, -0.1) is 34.0 Å². The van der Waals surface area contributed by atoms with Gasteiger partial charge in [-0.3, -0.25) is 0 Å². The normalized spacial score (nSPS) is 11.4. The number of benzene rings is 6. The van der Waals surface area contributed by atoms with Crippen LogP contribution in [0.3, 0.4) is 0 Å². The molecular weight excluding hydrogens is 929 g/mol. The first-order valence-electron chi connectivity index (χ1n) is 21.2. The summed E-state index contributed by atoms with van der Waals surface area (Å²) in [5.74, 6) is 0. The molecule has 0 atom stereocenters. The number of thiophene rings is 3. The Balaban J connectivity index is 1.41. The van der Waals surface area contributed by atoms with Crippen molar-refractivity contribution in [3.63, 3.8) is 0 Å². The van der Waals surface area contributed by atoms with Crippen LogP contribution in [0.15, 0.2) is 165 Å². The van der Waals surface area contributed by atoms with Crippen LogP contribution in [-0.4, -0.2) is 0 Å². The van der Waals surface area contributed by atoms with Crippen LogP contribution in [0.4, 0.5) is 0 Å². The van der Waals surface area contributed by atoms with E-state index in [2.05, 4.69) is 217 Å². The summed E-state index contributed by atoms with van der Waals surface area (Å²) in [5, 5.41) is 0. The second-order valence-corrected chi connectivity index (χ2v) is 21.2. The van der Waals surface area contributed by atoms with Crippen LogP contribution >= 0.6 is 65.9 Å². The molecule has 0 unspecified atom stereocenters. The number of rotatable bonds is 12. The lowest BCUT2D eigenvalue weighted by Crippen LogP contribution is -2.04. The number of halogens is 2. The highest BCUT2D eigenvalue weighted by Gasteiger charge is 2.30. The van der Waals surface area contributed by atoms with E-state index in [0.717, 1.165) is 33.3 Å². The van der Waals surface area contributed by atoms with E-state index >= 15 is 0 Å². The van der Waals surface area contributed by atoms with Crippen molar-refractivity contribution in [2.45, 2.75) is 53.4 Å². The molecule has 302 valence electrons. The van der Waals surface area contributed by atoms with Crippen LogP contribution in [0.2, 0.25) is 0 Å². The Morgan fingerprint density at radius 2 is 0.508 bits per heavy atom. The highest BCUT2D eigenvalue weighted by Crippen LogP contribution is 2.56. The molecule has 0 aliphatic carbocycles. The van der Waals surface area contributed by atoms with Crippen LogP contribution in [0, 0.1) is 0 Å². The highest BCUT2D eigenvalue weighted by atomic mass is 79.9. The van der Waals surface area contributed by atoms with Crippen LogP contribution < -0.4 is 0 Å². The minimum absolute atomic E-state index is 0.898. The van der Waals surface area contributed by atoms with Gasteiger partial charge in [-0.2, -0.15) is 0 Å². The van der Waals surface area contributed by atoms with Crippen molar-refractivity contribution in [2.75, 3.05) is 0 Å². The Hall–Kier alpha value is -4.62. The molecule has 0 aliphatic heterocycles. The van der Waals surface area contributed by atoms with E-state index in [9.17, 15) is 0 Å². The van der Waals surface area contributed by atoms with Gasteiger partial charge in [0.25, 0.3) is 0 Å². The van der Waals surface area contributed by atoms with E-state index in [4.69, 9.17) is 0 Å². The van der Waals surface area contributed by atoms with Gasteiger partial charge in [0.2, 0.25) is 0 Å². The Labute approximate surface area is 389 Å². The van der Waals surface area contributed by atoms with E-state index in [-0.39, 0.29) is 0 Å². The maximum Gasteiger partial charge on any atom is 0.0705 e. The molecule has 0 saturated heterocycles. The summed E-state index contributed by atoms with van der Waals surface area (Å²) in [6.45, 7) is 9.36. The van der Waals surface area contributed by atoms with Gasteiger partial charge in [-0.25, -0.2) is 0 Å². The molecule has 0 bridgehead atoms. The lowest BCUT2D eigenvalue weighted by Gasteiger charge is -2.27. The zero-order chi connectivity index (χ0) is 42.0. The van der Waals surface area contributed by atoms with E-state index in [1.54, 1.807) is 0 Å². The molecule has 0 fully saturated rings. The molecule has 0 spiro atoms. The van der Waals surface area contributed by atoms with E-state index in [1.807, 2.05) is 34.0 Å². The first kappa shape index (κ1) is 41.7. The quantitative estimate of drug-likeness (QED) is 0.114. The largest absolute Gasteiger partial charge is 0.135 e. The molecule has 0 radical (unpaired) electrons. The Kier molecular flexibility index (Phi) is 12.6. The Morgan fingerprint density at radius 3 is 0.721 bits per heavy atom. The molecule has 61 heavy (non-hydrogen) atoms. The molecule has 5 heteroatoms. The maximum absolute atomic E-state index is 3.87. The second-order valence-electron chi connectivity index (χ2n) is 15.2. The van der Waals surface area contributed by atoms with Gasteiger partial charge in [0, 0.05) is 41.8 Å². The molecule has 3 aromatic heterocycles. The molecule has 3 heterocycles. The van der Waals surface area contributed by atoms with Gasteiger partial charge < -0.3 is 0 Å².